The summed E-state index contributed by atoms with van der Waals surface area (Å²) in [5.74, 6) is -0.930. The van der Waals surface area contributed by atoms with Gasteiger partial charge in [-0.2, -0.15) is 0 Å². The summed E-state index contributed by atoms with van der Waals surface area (Å²) in [6.45, 7) is 7.12. The number of carbonyl (C=O) groups excluding carboxylic acids is 3. The molecule has 1 aromatic rings. The zero-order chi connectivity index (χ0) is 23.1. The van der Waals surface area contributed by atoms with Crippen molar-refractivity contribution in [3.63, 3.8) is 0 Å². The van der Waals surface area contributed by atoms with Crippen molar-refractivity contribution >= 4 is 41.0 Å². The number of nitrogens with zero attached hydrogens (tertiary/aromatic N) is 1. The van der Waals surface area contributed by atoms with Gasteiger partial charge in [0.15, 0.2) is 5.11 Å². The molecule has 1 atom stereocenters. The predicted octanol–water partition coefficient (Wildman–Crippen LogP) is 2.46. The van der Waals surface area contributed by atoms with Crippen LogP contribution >= 0.6 is 12.2 Å². The maximum Gasteiger partial charge on any atom is 0.338 e. The van der Waals surface area contributed by atoms with E-state index in [4.69, 9.17) is 21.7 Å². The number of benzene rings is 1. The monoisotopic (exact) mass is 448 g/mol. The number of allylic oxidation sites excluding steroid dienone is 1. The van der Waals surface area contributed by atoms with Gasteiger partial charge in [0, 0.05) is 18.4 Å². The molecule has 168 valence electrons. The SMILES string of the molecule is CCOC(=O)CNC(=O)Nc1ccc(C2NC(=S)N(C)C(C)=C2C(=O)OC(C)C)cc1. The number of amides is 2. The molecule has 0 saturated carbocycles. The number of hydrogen-bond acceptors (Lipinski definition) is 6. The van der Waals surface area contributed by atoms with Gasteiger partial charge in [0.2, 0.25) is 0 Å². The van der Waals surface area contributed by atoms with Crippen LogP contribution in [0.4, 0.5) is 10.5 Å². The van der Waals surface area contributed by atoms with Crippen molar-refractivity contribution in [2.45, 2.75) is 39.8 Å². The molecule has 2 rings (SSSR count). The second-order valence-corrected chi connectivity index (χ2v) is 7.52. The van der Waals surface area contributed by atoms with Crippen LogP contribution < -0.4 is 16.0 Å². The Bertz CT molecular complexity index is 882. The molecule has 2 amide bonds. The van der Waals surface area contributed by atoms with E-state index in [-0.39, 0.29) is 19.3 Å². The highest BCUT2D eigenvalue weighted by Crippen LogP contribution is 2.31. The molecule has 0 radical (unpaired) electrons. The van der Waals surface area contributed by atoms with Crippen LogP contribution in [0.25, 0.3) is 0 Å². The summed E-state index contributed by atoms with van der Waals surface area (Å²) >= 11 is 5.39. The van der Waals surface area contributed by atoms with E-state index >= 15 is 0 Å². The van der Waals surface area contributed by atoms with E-state index in [0.717, 1.165) is 5.56 Å². The number of hydrogen-bond donors (Lipinski definition) is 3. The lowest BCUT2D eigenvalue weighted by atomic mass is 9.95. The number of urea groups is 1. The number of rotatable bonds is 7. The van der Waals surface area contributed by atoms with Crippen molar-refractivity contribution in [2.24, 2.45) is 0 Å². The van der Waals surface area contributed by atoms with E-state index < -0.39 is 24.0 Å². The molecule has 1 aliphatic rings. The van der Waals surface area contributed by atoms with Crippen molar-refractivity contribution in [1.82, 2.24) is 15.5 Å². The summed E-state index contributed by atoms with van der Waals surface area (Å²) in [6.07, 6.45) is -0.257. The Labute approximate surface area is 187 Å². The summed E-state index contributed by atoms with van der Waals surface area (Å²) in [7, 11) is 1.78. The van der Waals surface area contributed by atoms with Crippen LogP contribution in [0, 0.1) is 0 Å². The number of carbonyl (C=O) groups is 3. The first-order valence-corrected chi connectivity index (χ1v) is 10.3. The minimum atomic E-state index is -0.531. The molecule has 0 aromatic heterocycles. The van der Waals surface area contributed by atoms with Gasteiger partial charge in [-0.15, -0.1) is 0 Å². The number of anilines is 1. The minimum Gasteiger partial charge on any atom is -0.465 e. The highest BCUT2D eigenvalue weighted by molar-refractivity contribution is 7.80. The lowest BCUT2D eigenvalue weighted by Crippen LogP contribution is -2.46. The van der Waals surface area contributed by atoms with Gasteiger partial charge in [0.25, 0.3) is 0 Å². The molecule has 0 bridgehead atoms. The predicted molar refractivity (Wildman–Crippen MR) is 120 cm³/mol. The van der Waals surface area contributed by atoms with Crippen molar-refractivity contribution in [2.75, 3.05) is 25.5 Å². The van der Waals surface area contributed by atoms with Gasteiger partial charge in [-0.3, -0.25) is 4.79 Å². The average molecular weight is 449 g/mol. The zero-order valence-corrected chi connectivity index (χ0v) is 19.1. The van der Waals surface area contributed by atoms with Crippen LogP contribution in [0.5, 0.6) is 0 Å². The molecule has 1 heterocycles. The van der Waals surface area contributed by atoms with Crippen LogP contribution in [0.2, 0.25) is 0 Å². The second-order valence-electron chi connectivity index (χ2n) is 7.13. The second kappa shape index (κ2) is 10.8. The Kier molecular flexibility index (Phi) is 8.38. The fraction of sp³-hybridized carbons (Fsp3) is 0.429. The van der Waals surface area contributed by atoms with Gasteiger partial charge in [0.05, 0.1) is 24.3 Å². The maximum absolute atomic E-state index is 12.7. The molecule has 0 saturated heterocycles. The fourth-order valence-corrected chi connectivity index (χ4v) is 3.18. The van der Waals surface area contributed by atoms with E-state index in [1.165, 1.54) is 0 Å². The topological polar surface area (TPSA) is 109 Å². The molecular formula is C21H28N4O5S. The van der Waals surface area contributed by atoms with Gasteiger partial charge in [-0.1, -0.05) is 12.1 Å². The Morgan fingerprint density at radius 1 is 1.23 bits per heavy atom. The Hall–Kier alpha value is -3.14. The normalized spacial score (nSPS) is 16.0. The molecule has 0 fully saturated rings. The number of nitrogens with one attached hydrogen (secondary N) is 3. The Balaban J connectivity index is 2.15. The lowest BCUT2D eigenvalue weighted by Gasteiger charge is -2.35. The molecular weight excluding hydrogens is 420 g/mol. The number of ether oxygens (including phenoxy) is 2. The van der Waals surface area contributed by atoms with Crippen molar-refractivity contribution in [1.29, 1.82) is 0 Å². The van der Waals surface area contributed by atoms with Crippen molar-refractivity contribution < 1.29 is 23.9 Å². The van der Waals surface area contributed by atoms with Gasteiger partial charge in [-0.25, -0.2) is 9.59 Å². The summed E-state index contributed by atoms with van der Waals surface area (Å²) in [4.78, 5) is 37.7. The molecule has 10 heteroatoms. The third-order valence-electron chi connectivity index (χ3n) is 4.52. The first-order valence-electron chi connectivity index (χ1n) is 9.90. The van der Waals surface area contributed by atoms with Crippen LogP contribution in [0.15, 0.2) is 35.5 Å². The maximum atomic E-state index is 12.7. The fourth-order valence-electron chi connectivity index (χ4n) is 2.93. The first-order chi connectivity index (χ1) is 14.6. The Morgan fingerprint density at radius 2 is 1.87 bits per heavy atom. The third-order valence-corrected chi connectivity index (χ3v) is 4.91. The highest BCUT2D eigenvalue weighted by Gasteiger charge is 2.33. The number of esters is 2. The van der Waals surface area contributed by atoms with E-state index in [2.05, 4.69) is 16.0 Å². The molecule has 1 aliphatic heterocycles. The molecule has 3 N–H and O–H groups in total. The van der Waals surface area contributed by atoms with Gasteiger partial charge in [0.1, 0.15) is 6.54 Å². The van der Waals surface area contributed by atoms with Crippen molar-refractivity contribution in [3.8, 4) is 0 Å². The zero-order valence-electron chi connectivity index (χ0n) is 18.3. The number of thiocarbonyl (C=S) groups is 1. The molecule has 1 unspecified atom stereocenters. The van der Waals surface area contributed by atoms with Gasteiger partial charge >= 0.3 is 18.0 Å². The van der Waals surface area contributed by atoms with Gasteiger partial charge in [-0.05, 0) is 57.6 Å². The van der Waals surface area contributed by atoms with Crippen molar-refractivity contribution in [3.05, 3.63) is 41.1 Å². The standard InChI is InChI=1S/C21H28N4O5S/c1-6-29-16(26)11-22-20(28)23-15-9-7-14(8-10-15)18-17(19(27)30-12(2)3)13(4)25(5)21(31)24-18/h7-10,12,18H,6,11H2,1-5H3,(H,24,31)(H2,22,23,28). The molecule has 1 aromatic carbocycles. The van der Waals surface area contributed by atoms with Crippen LogP contribution in [0.3, 0.4) is 0 Å². The summed E-state index contributed by atoms with van der Waals surface area (Å²) in [5.41, 5.74) is 2.48. The smallest absolute Gasteiger partial charge is 0.338 e. The summed E-state index contributed by atoms with van der Waals surface area (Å²) in [5, 5.41) is 8.72. The Morgan fingerprint density at radius 3 is 2.45 bits per heavy atom. The highest BCUT2D eigenvalue weighted by atomic mass is 32.1. The minimum absolute atomic E-state index is 0.222. The quantitative estimate of drug-likeness (QED) is 0.431. The van der Waals surface area contributed by atoms with E-state index in [0.29, 0.717) is 22.1 Å². The lowest BCUT2D eigenvalue weighted by molar-refractivity contribution is -0.143. The van der Waals surface area contributed by atoms with E-state index in [1.54, 1.807) is 57.0 Å². The first kappa shape index (κ1) is 24.1. The molecule has 0 aliphatic carbocycles. The summed E-state index contributed by atoms with van der Waals surface area (Å²) in [6, 6.07) is 5.94. The average Bonchev–Trinajstić information content (AvgIpc) is 2.70. The third kappa shape index (κ3) is 6.42. The van der Waals surface area contributed by atoms with Gasteiger partial charge < -0.3 is 30.3 Å². The molecule has 0 spiro atoms. The van der Waals surface area contributed by atoms with Crippen LogP contribution in [0.1, 0.15) is 39.3 Å². The van der Waals surface area contributed by atoms with Crippen LogP contribution in [-0.4, -0.2) is 54.3 Å². The summed E-state index contributed by atoms with van der Waals surface area (Å²) < 4.78 is 10.2. The molecule has 9 nitrogen and oxygen atoms in total. The van der Waals surface area contributed by atoms with E-state index in [1.807, 2.05) is 6.92 Å². The molecule has 31 heavy (non-hydrogen) atoms. The van der Waals surface area contributed by atoms with E-state index in [9.17, 15) is 14.4 Å². The largest absolute Gasteiger partial charge is 0.465 e. The van der Waals surface area contributed by atoms with Crippen LogP contribution in [-0.2, 0) is 19.1 Å².